The number of fused-ring (bicyclic) bond motifs is 3. The van der Waals surface area contributed by atoms with Gasteiger partial charge in [0, 0.05) is 99.7 Å². The van der Waals surface area contributed by atoms with Crippen molar-refractivity contribution in [2.75, 3.05) is 41.2 Å². The second kappa shape index (κ2) is 27.8. The fourth-order valence-corrected chi connectivity index (χ4v) is 9.75. The van der Waals surface area contributed by atoms with Gasteiger partial charge in [-0.1, -0.05) is 34.8 Å². The molecule has 0 unspecified atom stereocenters. The van der Waals surface area contributed by atoms with Gasteiger partial charge in [0.1, 0.15) is 23.5 Å². The summed E-state index contributed by atoms with van der Waals surface area (Å²) in [6, 6.07) is 36.6. The number of halogens is 3. The minimum atomic E-state index is -0.955. The summed E-state index contributed by atoms with van der Waals surface area (Å²) in [7, 11) is 4.74. The van der Waals surface area contributed by atoms with Gasteiger partial charge in [0.2, 0.25) is 0 Å². The maximum atomic E-state index is 13.0. The standard InChI is InChI=1S/C19H16ClNO4.C19H18ClNO3.C19H16ClNO3.C4H8O.B/c1-11-15(10-18(22)23)16-9-14(25-2)7-8-17(16)21(11)19(24)12-3-5-13(20)6-4-12;2*1-12-16(9-10-22)17-11-15(24-2)7-8-18(17)21(12)19(23)13-3-5-14(20)6-4-13;1-2-4-5-3-1;/h3-9H,10H2,1-2H3,(H,22,23);3-8,11,22H,9-10H2,1-2H3;3-8,10-11H,9H2,1-2H3;1-4H2;. The number of carboxylic acid groups (broad SMARTS) is 1. The summed E-state index contributed by atoms with van der Waals surface area (Å²) in [6.07, 6.45) is 3.96. The number of carbonyl (C=O) groups excluding carboxylic acids is 4. The number of aliphatic hydroxyl groups excluding tert-OH is 1. The molecule has 6 aromatic carbocycles. The van der Waals surface area contributed by atoms with Crippen LogP contribution >= 0.6 is 34.8 Å². The summed E-state index contributed by atoms with van der Waals surface area (Å²) >= 11 is 17.7. The number of nitrogens with zero attached hydrogens (tertiary/aromatic N) is 3. The highest BCUT2D eigenvalue weighted by Gasteiger charge is 2.24. The van der Waals surface area contributed by atoms with Crippen LogP contribution in [0.5, 0.6) is 17.2 Å². The summed E-state index contributed by atoms with van der Waals surface area (Å²) in [5, 5.41) is 22.8. The molecule has 1 saturated heterocycles. The van der Waals surface area contributed by atoms with E-state index in [4.69, 9.17) is 53.8 Å². The van der Waals surface area contributed by atoms with Crippen molar-refractivity contribution in [2.24, 2.45) is 0 Å². The number of aromatic nitrogens is 3. The zero-order valence-corrected chi connectivity index (χ0v) is 46.7. The van der Waals surface area contributed by atoms with Gasteiger partial charge in [-0.05, 0) is 184 Å². The number of rotatable bonds is 12. The van der Waals surface area contributed by atoms with Gasteiger partial charge >= 0.3 is 5.97 Å². The largest absolute Gasteiger partial charge is 0.497 e. The Balaban J connectivity index is 0.000000182. The van der Waals surface area contributed by atoms with Crippen LogP contribution in [0.4, 0.5) is 0 Å². The van der Waals surface area contributed by atoms with E-state index >= 15 is 0 Å². The van der Waals surface area contributed by atoms with E-state index in [0.29, 0.717) is 71.8 Å². The Morgan fingerprint density at radius 1 is 0.532 bits per heavy atom. The Bertz CT molecular complexity index is 3630. The number of aliphatic hydroxyl groups is 1. The average Bonchev–Trinajstić information content (AvgIpc) is 4.38. The highest BCUT2D eigenvalue weighted by molar-refractivity contribution is 6.31. The fraction of sp³-hybridized carbons (Fsp3) is 0.230. The van der Waals surface area contributed by atoms with Crippen molar-refractivity contribution in [2.45, 2.75) is 52.9 Å². The molecule has 1 fully saturated rings. The first kappa shape index (κ1) is 60.6. The topological polar surface area (TPSA) is 178 Å². The van der Waals surface area contributed by atoms with Gasteiger partial charge in [-0.25, -0.2) is 0 Å². The SMILES string of the molecule is C1CCOC1.COc1ccc2c(c1)c(CC(=O)O)c(C)n2C(=O)c1ccc(Cl)cc1.COc1ccc2c(c1)c(CC=O)c(C)n2C(=O)c1ccc(Cl)cc1.COc1ccc2c(c1)c(CCO)c(C)n2C(=O)c1ccc(Cl)cc1.[B]. The zero-order chi connectivity index (χ0) is 56.2. The van der Waals surface area contributed by atoms with E-state index in [0.717, 1.165) is 69.6 Å². The second-order valence-electron chi connectivity index (χ2n) is 18.0. The van der Waals surface area contributed by atoms with Crippen molar-refractivity contribution >= 4 is 106 Å². The number of methoxy groups -OCH3 is 3. The predicted molar refractivity (Wildman–Crippen MR) is 311 cm³/mol. The number of aldehydes is 1. The lowest BCUT2D eigenvalue weighted by molar-refractivity contribution is -0.136. The third-order valence-electron chi connectivity index (χ3n) is 13.3. The molecule has 18 heteroatoms. The first-order valence-corrected chi connectivity index (χ1v) is 26.0. The molecule has 3 radical (unpaired) electrons. The van der Waals surface area contributed by atoms with Crippen molar-refractivity contribution < 1.29 is 53.1 Å². The zero-order valence-electron chi connectivity index (χ0n) is 44.5. The van der Waals surface area contributed by atoms with Crippen LogP contribution < -0.4 is 14.2 Å². The molecule has 79 heavy (non-hydrogen) atoms. The molecule has 10 rings (SSSR count). The first-order chi connectivity index (χ1) is 37.5. The molecule has 9 aromatic rings. The molecule has 0 amide bonds. The maximum Gasteiger partial charge on any atom is 0.307 e. The van der Waals surface area contributed by atoms with E-state index in [1.54, 1.807) is 134 Å². The highest BCUT2D eigenvalue weighted by Crippen LogP contribution is 2.34. The number of hydrogen-bond acceptors (Lipinski definition) is 10. The van der Waals surface area contributed by atoms with Crippen LogP contribution in [0.1, 0.15) is 77.7 Å². The van der Waals surface area contributed by atoms with Crippen molar-refractivity contribution in [3.05, 3.63) is 193 Å². The number of carboxylic acids is 1. The van der Waals surface area contributed by atoms with Crippen molar-refractivity contribution in [3.8, 4) is 17.2 Å². The first-order valence-electron chi connectivity index (χ1n) is 24.8. The molecule has 3 aromatic heterocycles. The Morgan fingerprint density at radius 3 is 1.16 bits per heavy atom. The minimum Gasteiger partial charge on any atom is -0.497 e. The summed E-state index contributed by atoms with van der Waals surface area (Å²) < 4.78 is 25.6. The molecule has 0 saturated carbocycles. The Morgan fingerprint density at radius 2 is 0.861 bits per heavy atom. The molecular formula is C61H58BCl3N3O11. The molecule has 0 spiro atoms. The highest BCUT2D eigenvalue weighted by atomic mass is 35.5. The van der Waals surface area contributed by atoms with Crippen LogP contribution in [0.25, 0.3) is 32.7 Å². The van der Waals surface area contributed by atoms with Crippen LogP contribution in [-0.2, 0) is 33.6 Å². The lowest BCUT2D eigenvalue weighted by Crippen LogP contribution is -2.14. The fourth-order valence-electron chi connectivity index (χ4n) is 9.37. The summed E-state index contributed by atoms with van der Waals surface area (Å²) in [5.74, 6) is 0.545. The number of benzene rings is 6. The van der Waals surface area contributed by atoms with Gasteiger partial charge in [-0.2, -0.15) is 0 Å². The van der Waals surface area contributed by atoms with E-state index < -0.39 is 5.97 Å². The Hall–Kier alpha value is -7.66. The third kappa shape index (κ3) is 13.8. The number of aliphatic carboxylic acids is 1. The average molecular weight is 1130 g/mol. The molecule has 4 heterocycles. The van der Waals surface area contributed by atoms with Gasteiger partial charge in [0.05, 0.1) is 44.3 Å². The molecule has 1 aliphatic rings. The van der Waals surface area contributed by atoms with Crippen LogP contribution in [0.15, 0.2) is 127 Å². The molecule has 1 aliphatic heterocycles. The monoisotopic (exact) mass is 1120 g/mol. The summed E-state index contributed by atoms with van der Waals surface area (Å²) in [6.45, 7) is 7.51. The normalized spacial score (nSPS) is 11.6. The minimum absolute atomic E-state index is 0. The van der Waals surface area contributed by atoms with Gasteiger partial charge in [-0.15, -0.1) is 0 Å². The van der Waals surface area contributed by atoms with E-state index in [1.807, 2.05) is 44.2 Å². The Kier molecular flexibility index (Phi) is 21.3. The lowest BCUT2D eigenvalue weighted by atomic mass is 10.1. The van der Waals surface area contributed by atoms with E-state index in [1.165, 1.54) is 17.4 Å². The van der Waals surface area contributed by atoms with E-state index in [9.17, 15) is 34.2 Å². The number of hydrogen-bond donors (Lipinski definition) is 2. The van der Waals surface area contributed by atoms with Crippen molar-refractivity contribution in [3.63, 3.8) is 0 Å². The predicted octanol–water partition coefficient (Wildman–Crippen LogP) is 12.2. The third-order valence-corrected chi connectivity index (χ3v) is 14.1. The summed E-state index contributed by atoms with van der Waals surface area (Å²) in [4.78, 5) is 61.3. The van der Waals surface area contributed by atoms with E-state index in [2.05, 4.69) is 0 Å². The molecule has 14 nitrogen and oxygen atoms in total. The van der Waals surface area contributed by atoms with Gasteiger partial charge in [-0.3, -0.25) is 32.9 Å². The summed E-state index contributed by atoms with van der Waals surface area (Å²) in [5.41, 5.74) is 8.35. The van der Waals surface area contributed by atoms with Gasteiger partial charge in [0.15, 0.2) is 0 Å². The van der Waals surface area contributed by atoms with Crippen LogP contribution in [-0.4, -0.2) is 103 Å². The van der Waals surface area contributed by atoms with Crippen LogP contribution in [0.3, 0.4) is 0 Å². The van der Waals surface area contributed by atoms with Gasteiger partial charge < -0.3 is 34.0 Å². The van der Waals surface area contributed by atoms with Crippen LogP contribution in [0, 0.1) is 20.8 Å². The molecule has 0 bridgehead atoms. The molecular weight excluding hydrogens is 1070 g/mol. The molecule has 0 atom stereocenters. The lowest BCUT2D eigenvalue weighted by Gasteiger charge is -2.08. The smallest absolute Gasteiger partial charge is 0.307 e. The van der Waals surface area contributed by atoms with Gasteiger partial charge in [0.25, 0.3) is 17.7 Å². The molecule has 0 aliphatic carbocycles. The van der Waals surface area contributed by atoms with E-state index in [-0.39, 0.29) is 45.6 Å². The van der Waals surface area contributed by atoms with Crippen LogP contribution in [0.2, 0.25) is 15.1 Å². The Labute approximate surface area is 474 Å². The number of carbonyl (C=O) groups is 5. The molecule has 2 N–H and O–H groups in total. The maximum absolute atomic E-state index is 13.0. The second-order valence-corrected chi connectivity index (χ2v) is 19.3. The number of ether oxygens (including phenoxy) is 4. The quantitative estimate of drug-likeness (QED) is 0.0879. The molecule has 407 valence electrons. The van der Waals surface area contributed by atoms with Crippen molar-refractivity contribution in [1.29, 1.82) is 0 Å². The van der Waals surface area contributed by atoms with Crippen molar-refractivity contribution in [1.82, 2.24) is 13.7 Å².